The first kappa shape index (κ1) is 70.0. The standard InChI is InChI=1S/C62H123N2O6P/c1-6-8-10-12-14-16-18-20-22-24-26-28-29-30-31-32-33-34-35-36-38-40-42-44-46-48-50-52-54-56-62(66)63-60(59-70-71(67,68)69-58-57-64(3,4)5)61(65)55-53-51-49-47-45-43-41-39-37-27-25-23-21-19-17-15-13-11-9-7-2/h45,47,53,55,60-61,65H,6-44,46,48-52,54,56-59H2,1-5H3,(H-,63,66,67,68)/p+1/b47-45+,55-53+. The van der Waals surface area contributed by atoms with E-state index in [1.54, 1.807) is 6.08 Å². The van der Waals surface area contributed by atoms with Crippen LogP contribution in [0.25, 0.3) is 0 Å². The van der Waals surface area contributed by atoms with Gasteiger partial charge in [0.05, 0.1) is 39.9 Å². The van der Waals surface area contributed by atoms with Crippen LogP contribution in [0.2, 0.25) is 0 Å². The average Bonchev–Trinajstić information content (AvgIpc) is 3.33. The summed E-state index contributed by atoms with van der Waals surface area (Å²) in [5, 5.41) is 13.9. The maximum atomic E-state index is 13.0. The Kier molecular flexibility index (Phi) is 53.0. The number of unbranched alkanes of at least 4 members (excludes halogenated alkanes) is 43. The number of rotatable bonds is 58. The van der Waals surface area contributed by atoms with Crippen molar-refractivity contribution < 1.29 is 32.9 Å². The second-order valence-corrected chi connectivity index (χ2v) is 24.2. The third-order valence-electron chi connectivity index (χ3n) is 14.4. The van der Waals surface area contributed by atoms with E-state index < -0.39 is 20.0 Å². The molecule has 0 aliphatic rings. The molecule has 0 aromatic carbocycles. The molecule has 0 fully saturated rings. The average molecular weight is 1020 g/mol. The van der Waals surface area contributed by atoms with Crippen molar-refractivity contribution in [2.75, 3.05) is 40.9 Å². The highest BCUT2D eigenvalue weighted by Crippen LogP contribution is 2.43. The summed E-state index contributed by atoms with van der Waals surface area (Å²) >= 11 is 0. The minimum Gasteiger partial charge on any atom is -0.387 e. The van der Waals surface area contributed by atoms with Crippen molar-refractivity contribution in [1.29, 1.82) is 0 Å². The van der Waals surface area contributed by atoms with E-state index in [1.807, 2.05) is 27.2 Å². The van der Waals surface area contributed by atoms with Gasteiger partial charge in [-0.25, -0.2) is 4.57 Å². The lowest BCUT2D eigenvalue weighted by Gasteiger charge is -2.25. The van der Waals surface area contributed by atoms with E-state index in [2.05, 4.69) is 31.3 Å². The number of hydrogen-bond acceptors (Lipinski definition) is 5. The number of phosphoric acid groups is 1. The summed E-state index contributed by atoms with van der Waals surface area (Å²) in [6.45, 7) is 4.85. The molecular formula is C62H124N2O6P+. The van der Waals surface area contributed by atoms with Crippen LogP contribution in [0.4, 0.5) is 0 Å². The Morgan fingerprint density at radius 2 is 0.775 bits per heavy atom. The fraction of sp³-hybridized carbons (Fsp3) is 0.919. The maximum absolute atomic E-state index is 13.0. The monoisotopic (exact) mass is 1020 g/mol. The number of hydrogen-bond donors (Lipinski definition) is 3. The Morgan fingerprint density at radius 1 is 0.465 bits per heavy atom. The molecule has 0 saturated carbocycles. The van der Waals surface area contributed by atoms with Crippen LogP contribution in [-0.2, 0) is 18.4 Å². The molecule has 0 rings (SSSR count). The van der Waals surface area contributed by atoms with Crippen molar-refractivity contribution in [1.82, 2.24) is 5.32 Å². The summed E-state index contributed by atoms with van der Waals surface area (Å²) in [5.74, 6) is -0.179. The highest BCUT2D eigenvalue weighted by Gasteiger charge is 2.27. The Balaban J connectivity index is 4.11. The Labute approximate surface area is 443 Å². The molecule has 0 bridgehead atoms. The van der Waals surface area contributed by atoms with Gasteiger partial charge in [-0.15, -0.1) is 0 Å². The molecule has 1 amide bonds. The molecule has 0 spiro atoms. The van der Waals surface area contributed by atoms with E-state index in [-0.39, 0.29) is 19.1 Å². The molecule has 8 nitrogen and oxygen atoms in total. The van der Waals surface area contributed by atoms with Crippen LogP contribution >= 0.6 is 7.82 Å². The van der Waals surface area contributed by atoms with Gasteiger partial charge in [0.2, 0.25) is 5.91 Å². The van der Waals surface area contributed by atoms with Crippen LogP contribution < -0.4 is 5.32 Å². The number of phosphoric ester groups is 1. The lowest BCUT2D eigenvalue weighted by molar-refractivity contribution is -0.870. The van der Waals surface area contributed by atoms with E-state index in [0.717, 1.165) is 38.5 Å². The molecule has 0 aliphatic heterocycles. The van der Waals surface area contributed by atoms with E-state index in [1.165, 1.54) is 257 Å². The van der Waals surface area contributed by atoms with Gasteiger partial charge < -0.3 is 19.8 Å². The first-order valence-electron chi connectivity index (χ1n) is 31.2. The topological polar surface area (TPSA) is 105 Å². The lowest BCUT2D eigenvalue weighted by atomic mass is 10.0. The second-order valence-electron chi connectivity index (χ2n) is 22.8. The number of amides is 1. The maximum Gasteiger partial charge on any atom is 0.472 e. The van der Waals surface area contributed by atoms with Gasteiger partial charge in [-0.3, -0.25) is 13.8 Å². The molecule has 0 aromatic rings. The van der Waals surface area contributed by atoms with Gasteiger partial charge in [-0.1, -0.05) is 301 Å². The van der Waals surface area contributed by atoms with Gasteiger partial charge in [-0.05, 0) is 32.1 Å². The zero-order chi connectivity index (χ0) is 52.0. The van der Waals surface area contributed by atoms with Crippen LogP contribution in [0.5, 0.6) is 0 Å². The number of nitrogens with one attached hydrogen (secondary N) is 1. The Bertz CT molecular complexity index is 1210. The van der Waals surface area contributed by atoms with Gasteiger partial charge in [0, 0.05) is 6.42 Å². The molecule has 0 radical (unpaired) electrons. The summed E-state index contributed by atoms with van der Waals surface area (Å²) in [5.41, 5.74) is 0. The van der Waals surface area contributed by atoms with Crippen molar-refractivity contribution in [3.63, 3.8) is 0 Å². The summed E-state index contributed by atoms with van der Waals surface area (Å²) in [7, 11) is 1.57. The van der Waals surface area contributed by atoms with Crippen LogP contribution in [-0.4, -0.2) is 73.4 Å². The number of carbonyl (C=O) groups is 1. The number of aliphatic hydroxyl groups is 1. The van der Waals surface area contributed by atoms with Crippen LogP contribution in [0, 0.1) is 0 Å². The fourth-order valence-electron chi connectivity index (χ4n) is 9.53. The van der Waals surface area contributed by atoms with Crippen molar-refractivity contribution >= 4 is 13.7 Å². The second kappa shape index (κ2) is 53.8. The molecule has 9 heteroatoms. The Morgan fingerprint density at radius 3 is 1.13 bits per heavy atom. The van der Waals surface area contributed by atoms with Gasteiger partial charge in [-0.2, -0.15) is 0 Å². The molecule has 3 N–H and O–H groups in total. The molecule has 71 heavy (non-hydrogen) atoms. The highest BCUT2D eigenvalue weighted by atomic mass is 31.2. The zero-order valence-corrected chi connectivity index (χ0v) is 49.1. The molecule has 0 saturated heterocycles. The number of carbonyl (C=O) groups excluding carboxylic acids is 1. The largest absolute Gasteiger partial charge is 0.472 e. The SMILES string of the molecule is CCCCCCCCCCCCCCCC/C=C/CC/C=C/C(O)C(COP(=O)(O)OCC[N+](C)(C)C)NC(=O)CCCCCCCCCCCCCCCCCCCCCCCCCCCCCCC. The molecule has 0 heterocycles. The molecule has 3 atom stereocenters. The van der Waals surface area contributed by atoms with Gasteiger partial charge in [0.1, 0.15) is 13.2 Å². The third-order valence-corrected chi connectivity index (χ3v) is 15.4. The smallest absolute Gasteiger partial charge is 0.387 e. The number of likely N-dealkylation sites (N-methyl/N-ethyl adjacent to an activating group) is 1. The van der Waals surface area contributed by atoms with Crippen molar-refractivity contribution in [2.24, 2.45) is 0 Å². The summed E-state index contributed by atoms with van der Waals surface area (Å²) in [6, 6.07) is -0.860. The minimum absolute atomic E-state index is 0.0589. The first-order valence-corrected chi connectivity index (χ1v) is 32.7. The van der Waals surface area contributed by atoms with E-state index in [9.17, 15) is 19.4 Å². The van der Waals surface area contributed by atoms with Crippen molar-refractivity contribution in [2.45, 2.75) is 328 Å². The van der Waals surface area contributed by atoms with Crippen LogP contribution in [0.3, 0.4) is 0 Å². The zero-order valence-electron chi connectivity index (χ0n) is 48.2. The quantitative estimate of drug-likeness (QED) is 0.0243. The molecule has 0 aromatic heterocycles. The van der Waals surface area contributed by atoms with Crippen LogP contribution in [0.1, 0.15) is 316 Å². The summed E-state index contributed by atoms with van der Waals surface area (Å²) in [6.07, 6.45) is 68.8. The number of allylic oxidation sites excluding steroid dienone is 3. The summed E-state index contributed by atoms with van der Waals surface area (Å²) in [4.78, 5) is 23.3. The van der Waals surface area contributed by atoms with E-state index in [0.29, 0.717) is 17.4 Å². The lowest BCUT2D eigenvalue weighted by Crippen LogP contribution is -2.45. The van der Waals surface area contributed by atoms with Crippen LogP contribution in [0.15, 0.2) is 24.3 Å². The molecular weight excluding hydrogens is 900 g/mol. The van der Waals surface area contributed by atoms with Gasteiger partial charge in [0.15, 0.2) is 0 Å². The van der Waals surface area contributed by atoms with Crippen molar-refractivity contribution in [3.8, 4) is 0 Å². The first-order chi connectivity index (χ1) is 34.5. The predicted octanol–water partition coefficient (Wildman–Crippen LogP) is 19.2. The number of nitrogens with zero attached hydrogens (tertiary/aromatic N) is 1. The fourth-order valence-corrected chi connectivity index (χ4v) is 10.3. The van der Waals surface area contributed by atoms with Gasteiger partial charge >= 0.3 is 7.82 Å². The third kappa shape index (κ3) is 56.5. The van der Waals surface area contributed by atoms with Crippen molar-refractivity contribution in [3.05, 3.63) is 24.3 Å². The summed E-state index contributed by atoms with van der Waals surface area (Å²) < 4.78 is 23.7. The molecule has 3 unspecified atom stereocenters. The number of quaternary nitrogens is 1. The predicted molar refractivity (Wildman–Crippen MR) is 309 cm³/mol. The number of aliphatic hydroxyl groups excluding tert-OH is 1. The van der Waals surface area contributed by atoms with E-state index in [4.69, 9.17) is 9.05 Å². The van der Waals surface area contributed by atoms with E-state index >= 15 is 0 Å². The van der Waals surface area contributed by atoms with Gasteiger partial charge in [0.25, 0.3) is 0 Å². The minimum atomic E-state index is -4.35. The molecule has 422 valence electrons. The highest BCUT2D eigenvalue weighted by molar-refractivity contribution is 7.47. The molecule has 0 aliphatic carbocycles. The normalized spacial score (nSPS) is 14.0. The Hall–Kier alpha value is -1.02.